The Labute approximate surface area is 196 Å². The lowest BCUT2D eigenvalue weighted by Gasteiger charge is -2.24. The van der Waals surface area contributed by atoms with Crippen molar-refractivity contribution in [1.29, 1.82) is 0 Å². The molecule has 1 aliphatic heterocycles. The summed E-state index contributed by atoms with van der Waals surface area (Å²) in [5.41, 5.74) is 4.57. The second-order valence-corrected chi connectivity index (χ2v) is 10.0. The molecule has 2 fully saturated rings. The van der Waals surface area contributed by atoms with E-state index in [4.69, 9.17) is 9.72 Å². The maximum atomic E-state index is 12.9. The number of rotatable bonds is 7. The average Bonchev–Trinajstić information content (AvgIpc) is 3.52. The van der Waals surface area contributed by atoms with Crippen LogP contribution in [0, 0.1) is 6.92 Å². The molecule has 0 bridgehead atoms. The van der Waals surface area contributed by atoms with Gasteiger partial charge in [-0.3, -0.25) is 4.79 Å². The summed E-state index contributed by atoms with van der Waals surface area (Å²) in [6.07, 6.45) is 5.35. The molecule has 2 heterocycles. The molecule has 1 saturated carbocycles. The van der Waals surface area contributed by atoms with Gasteiger partial charge in [0.05, 0.1) is 17.6 Å². The van der Waals surface area contributed by atoms with Crippen molar-refractivity contribution in [2.75, 3.05) is 13.2 Å². The quantitative estimate of drug-likeness (QED) is 0.461. The Morgan fingerprint density at radius 2 is 1.91 bits per heavy atom. The molecule has 3 aromatic rings. The Morgan fingerprint density at radius 3 is 2.70 bits per heavy atom. The van der Waals surface area contributed by atoms with E-state index < -0.39 is 0 Å². The smallest absolute Gasteiger partial charge is 0.223 e. The van der Waals surface area contributed by atoms with Crippen molar-refractivity contribution in [3.63, 3.8) is 0 Å². The number of hydrogen-bond donors (Lipinski definition) is 0. The van der Waals surface area contributed by atoms with Crippen LogP contribution in [0.1, 0.15) is 74.7 Å². The van der Waals surface area contributed by atoms with Crippen LogP contribution in [0.25, 0.3) is 11.0 Å². The third-order valence-corrected chi connectivity index (χ3v) is 7.34. The molecule has 1 aliphatic carbocycles. The minimum atomic E-state index is 0.149. The highest BCUT2D eigenvalue weighted by atomic mass is 16.5. The first-order valence-corrected chi connectivity index (χ1v) is 12.5. The third-order valence-electron chi connectivity index (χ3n) is 7.34. The van der Waals surface area contributed by atoms with Crippen LogP contribution in [0.15, 0.2) is 42.5 Å². The number of hydrogen-bond acceptors (Lipinski definition) is 3. The number of aryl methyl sites for hydroxylation is 1. The normalized spacial score (nSPS) is 19.3. The highest BCUT2D eigenvalue weighted by Gasteiger charge is 2.38. The average molecular weight is 446 g/mol. The molecule has 1 atom stereocenters. The van der Waals surface area contributed by atoms with E-state index in [2.05, 4.69) is 66.6 Å². The number of benzene rings is 2. The molecule has 33 heavy (non-hydrogen) atoms. The Hall–Kier alpha value is -2.82. The van der Waals surface area contributed by atoms with E-state index >= 15 is 0 Å². The number of aromatic nitrogens is 2. The van der Waals surface area contributed by atoms with Crippen molar-refractivity contribution in [1.82, 2.24) is 14.5 Å². The predicted molar refractivity (Wildman–Crippen MR) is 132 cm³/mol. The SMILES string of the molecule is Cc1ccc(C(C)C)c(OCCn2c(C3CC(=O)N(C4CCCC4)C3)nc3ccccc32)c1. The number of fused-ring (bicyclic) bond motifs is 1. The lowest BCUT2D eigenvalue weighted by Crippen LogP contribution is -2.34. The molecule has 0 radical (unpaired) electrons. The van der Waals surface area contributed by atoms with Crippen molar-refractivity contribution in [3.8, 4) is 5.75 Å². The van der Waals surface area contributed by atoms with Gasteiger partial charge in [-0.2, -0.15) is 0 Å². The van der Waals surface area contributed by atoms with E-state index in [-0.39, 0.29) is 5.92 Å². The summed E-state index contributed by atoms with van der Waals surface area (Å²) in [6.45, 7) is 8.59. The van der Waals surface area contributed by atoms with Crippen LogP contribution in [0.3, 0.4) is 0 Å². The van der Waals surface area contributed by atoms with Gasteiger partial charge >= 0.3 is 0 Å². The minimum Gasteiger partial charge on any atom is -0.491 e. The van der Waals surface area contributed by atoms with Crippen LogP contribution in [0.5, 0.6) is 5.75 Å². The zero-order chi connectivity index (χ0) is 22.9. The first kappa shape index (κ1) is 22.0. The van der Waals surface area contributed by atoms with Gasteiger partial charge in [0.2, 0.25) is 5.91 Å². The van der Waals surface area contributed by atoms with E-state index in [9.17, 15) is 4.79 Å². The first-order valence-electron chi connectivity index (χ1n) is 12.5. The van der Waals surface area contributed by atoms with Crippen molar-refractivity contribution >= 4 is 16.9 Å². The fourth-order valence-corrected chi connectivity index (χ4v) is 5.60. The second-order valence-electron chi connectivity index (χ2n) is 10.0. The van der Waals surface area contributed by atoms with Gasteiger partial charge < -0.3 is 14.2 Å². The second kappa shape index (κ2) is 9.20. The number of ether oxygens (including phenoxy) is 1. The van der Waals surface area contributed by atoms with Crippen LogP contribution in [-0.4, -0.2) is 39.6 Å². The zero-order valence-corrected chi connectivity index (χ0v) is 20.1. The molecule has 5 rings (SSSR count). The topological polar surface area (TPSA) is 47.4 Å². The molecule has 1 aromatic heterocycles. The molecule has 1 saturated heterocycles. The van der Waals surface area contributed by atoms with Crippen molar-refractivity contribution < 1.29 is 9.53 Å². The fraction of sp³-hybridized carbons (Fsp3) is 0.500. The van der Waals surface area contributed by atoms with Gasteiger partial charge in [-0.15, -0.1) is 0 Å². The number of imidazole rings is 1. The van der Waals surface area contributed by atoms with Crippen LogP contribution < -0.4 is 4.74 Å². The van der Waals surface area contributed by atoms with E-state index in [1.807, 2.05) is 6.07 Å². The molecule has 174 valence electrons. The number of carbonyl (C=O) groups excluding carboxylic acids is 1. The highest BCUT2D eigenvalue weighted by Crippen LogP contribution is 2.35. The van der Waals surface area contributed by atoms with Gasteiger partial charge in [0.15, 0.2) is 0 Å². The maximum absolute atomic E-state index is 12.9. The molecular formula is C28H35N3O2. The lowest BCUT2D eigenvalue weighted by molar-refractivity contribution is -0.129. The Bertz CT molecular complexity index is 1140. The maximum Gasteiger partial charge on any atom is 0.223 e. The number of para-hydroxylation sites is 2. The van der Waals surface area contributed by atoms with E-state index in [1.54, 1.807) is 0 Å². The molecule has 2 aliphatic rings. The summed E-state index contributed by atoms with van der Waals surface area (Å²) in [5.74, 6) is 2.86. The van der Waals surface area contributed by atoms with Crippen molar-refractivity contribution in [2.24, 2.45) is 0 Å². The summed E-state index contributed by atoms with van der Waals surface area (Å²) >= 11 is 0. The summed E-state index contributed by atoms with van der Waals surface area (Å²) < 4.78 is 8.60. The monoisotopic (exact) mass is 445 g/mol. The van der Waals surface area contributed by atoms with E-state index in [0.717, 1.165) is 48.5 Å². The molecule has 1 unspecified atom stereocenters. The van der Waals surface area contributed by atoms with Crippen molar-refractivity contribution in [3.05, 3.63) is 59.4 Å². The van der Waals surface area contributed by atoms with E-state index in [0.29, 0.717) is 30.9 Å². The molecule has 1 amide bonds. The summed E-state index contributed by atoms with van der Waals surface area (Å²) in [6, 6.07) is 15.2. The van der Waals surface area contributed by atoms with Gasteiger partial charge in [0.1, 0.15) is 18.2 Å². The van der Waals surface area contributed by atoms with Gasteiger partial charge in [-0.1, -0.05) is 51.0 Å². The molecule has 2 aromatic carbocycles. The predicted octanol–water partition coefficient (Wildman–Crippen LogP) is 5.81. The summed E-state index contributed by atoms with van der Waals surface area (Å²) in [4.78, 5) is 20.0. The summed E-state index contributed by atoms with van der Waals surface area (Å²) in [5, 5.41) is 0. The minimum absolute atomic E-state index is 0.149. The Balaban J connectivity index is 1.38. The Morgan fingerprint density at radius 1 is 1.12 bits per heavy atom. The van der Waals surface area contributed by atoms with Gasteiger partial charge in [-0.05, 0) is 55.0 Å². The standard InChI is InChI=1S/C28H35N3O2/c1-19(2)23-13-12-20(3)16-26(23)33-15-14-30-25-11-7-6-10-24(25)29-28(30)21-17-27(32)31(18-21)22-8-4-5-9-22/h6-7,10-13,16,19,21-22H,4-5,8-9,14-15,17-18H2,1-3H3. The van der Waals surface area contributed by atoms with Gasteiger partial charge in [-0.25, -0.2) is 4.98 Å². The van der Waals surface area contributed by atoms with Crippen molar-refractivity contribution in [2.45, 2.75) is 77.3 Å². The van der Waals surface area contributed by atoms with Crippen LogP contribution >= 0.6 is 0 Å². The molecular weight excluding hydrogens is 410 g/mol. The van der Waals surface area contributed by atoms with Gasteiger partial charge in [0, 0.05) is 24.9 Å². The highest BCUT2D eigenvalue weighted by molar-refractivity contribution is 5.81. The third kappa shape index (κ3) is 4.38. The molecule has 5 heteroatoms. The largest absolute Gasteiger partial charge is 0.491 e. The first-order chi connectivity index (χ1) is 16.0. The number of likely N-dealkylation sites (tertiary alicyclic amines) is 1. The number of amides is 1. The molecule has 5 nitrogen and oxygen atoms in total. The fourth-order valence-electron chi connectivity index (χ4n) is 5.60. The lowest BCUT2D eigenvalue weighted by atomic mass is 10.0. The Kier molecular flexibility index (Phi) is 6.13. The van der Waals surface area contributed by atoms with Crippen LogP contribution in [0.2, 0.25) is 0 Å². The summed E-state index contributed by atoms with van der Waals surface area (Å²) in [7, 11) is 0. The van der Waals surface area contributed by atoms with E-state index in [1.165, 1.54) is 24.0 Å². The number of nitrogens with zero attached hydrogens (tertiary/aromatic N) is 3. The molecule has 0 N–H and O–H groups in total. The van der Waals surface area contributed by atoms with Gasteiger partial charge in [0.25, 0.3) is 0 Å². The molecule has 0 spiro atoms. The number of carbonyl (C=O) groups is 1. The zero-order valence-electron chi connectivity index (χ0n) is 20.1. The van der Waals surface area contributed by atoms with Crippen LogP contribution in [-0.2, 0) is 11.3 Å². The van der Waals surface area contributed by atoms with Crippen LogP contribution in [0.4, 0.5) is 0 Å².